The molecule has 0 atom stereocenters. The fourth-order valence-electron chi connectivity index (χ4n) is 4.28. The number of carbonyl (C=O) groups excluding carboxylic acids is 2. The van der Waals surface area contributed by atoms with Crippen LogP contribution in [0.3, 0.4) is 0 Å². The molecule has 5 nitrogen and oxygen atoms in total. The van der Waals surface area contributed by atoms with Gasteiger partial charge in [0.2, 0.25) is 5.91 Å². The van der Waals surface area contributed by atoms with Crippen molar-refractivity contribution >= 4 is 11.8 Å². The Labute approximate surface area is 179 Å². The highest BCUT2D eigenvalue weighted by molar-refractivity contribution is 5.94. The van der Waals surface area contributed by atoms with Gasteiger partial charge in [-0.15, -0.1) is 0 Å². The number of rotatable bonds is 7. The fraction of sp³-hybridized carbons (Fsp3) is 0.636. The van der Waals surface area contributed by atoms with Gasteiger partial charge in [-0.25, -0.2) is 4.39 Å². The minimum Gasteiger partial charge on any atom is -0.352 e. The zero-order chi connectivity index (χ0) is 22.4. The summed E-state index contributed by atoms with van der Waals surface area (Å²) < 4.78 is 51.9. The third-order valence-corrected chi connectivity index (χ3v) is 6.14. The van der Waals surface area contributed by atoms with Gasteiger partial charge in [0.05, 0.1) is 12.1 Å². The van der Waals surface area contributed by atoms with Crippen molar-refractivity contribution in [2.75, 3.05) is 26.2 Å². The summed E-state index contributed by atoms with van der Waals surface area (Å²) in [7, 11) is 0. The molecule has 1 saturated carbocycles. The summed E-state index contributed by atoms with van der Waals surface area (Å²) >= 11 is 0. The molecule has 9 heteroatoms. The highest BCUT2D eigenvalue weighted by Crippen LogP contribution is 2.31. The maximum atomic E-state index is 13.0. The molecular formula is C22H29F4N3O2. The van der Waals surface area contributed by atoms with E-state index in [0.29, 0.717) is 13.1 Å². The van der Waals surface area contributed by atoms with Gasteiger partial charge >= 0.3 is 6.18 Å². The Morgan fingerprint density at radius 2 is 1.71 bits per heavy atom. The lowest BCUT2D eigenvalue weighted by Gasteiger charge is -2.29. The van der Waals surface area contributed by atoms with Crippen molar-refractivity contribution in [1.29, 1.82) is 0 Å². The molecule has 31 heavy (non-hydrogen) atoms. The van der Waals surface area contributed by atoms with E-state index in [-0.39, 0.29) is 29.0 Å². The van der Waals surface area contributed by atoms with Gasteiger partial charge in [0.25, 0.3) is 5.91 Å². The molecule has 0 radical (unpaired) electrons. The summed E-state index contributed by atoms with van der Waals surface area (Å²) in [4.78, 5) is 26.4. The predicted octanol–water partition coefficient (Wildman–Crippen LogP) is 3.68. The molecule has 172 valence electrons. The largest absolute Gasteiger partial charge is 0.416 e. The highest BCUT2D eigenvalue weighted by atomic mass is 19.4. The van der Waals surface area contributed by atoms with Crippen LogP contribution in [-0.4, -0.2) is 48.9 Å². The Bertz CT molecular complexity index is 771. The first-order chi connectivity index (χ1) is 14.8. The summed E-state index contributed by atoms with van der Waals surface area (Å²) in [5.74, 6) is -0.263. The van der Waals surface area contributed by atoms with E-state index in [9.17, 15) is 27.2 Å². The normalized spacial score (nSPS) is 21.9. The Balaban J connectivity index is 1.43. The summed E-state index contributed by atoms with van der Waals surface area (Å²) in [5, 5.41) is 6.01. The van der Waals surface area contributed by atoms with Crippen molar-refractivity contribution in [3.63, 3.8) is 0 Å². The Morgan fingerprint density at radius 1 is 1.03 bits per heavy atom. The SMILES string of the molecule is O=C(NC[C@H]1CC[C@@H](NCC(=O)N2CCCC2)CC1)c1cc(CF)cc(C(F)(F)F)c1. The average molecular weight is 443 g/mol. The number of likely N-dealkylation sites (tertiary alicyclic amines) is 1. The van der Waals surface area contributed by atoms with Crippen LogP contribution in [0.2, 0.25) is 0 Å². The quantitative estimate of drug-likeness (QED) is 0.632. The number of halogens is 4. The first kappa shape index (κ1) is 23.5. The van der Waals surface area contributed by atoms with Crippen LogP contribution in [0.1, 0.15) is 60.0 Å². The number of nitrogens with zero attached hydrogens (tertiary/aromatic N) is 1. The van der Waals surface area contributed by atoms with E-state index in [0.717, 1.165) is 69.8 Å². The van der Waals surface area contributed by atoms with Crippen LogP contribution in [0.5, 0.6) is 0 Å². The number of nitrogens with one attached hydrogen (secondary N) is 2. The summed E-state index contributed by atoms with van der Waals surface area (Å²) in [6, 6.07) is 2.89. The van der Waals surface area contributed by atoms with E-state index in [1.807, 2.05) is 4.90 Å². The molecule has 2 amide bonds. The van der Waals surface area contributed by atoms with E-state index in [1.165, 1.54) is 0 Å². The number of alkyl halides is 4. The molecule has 0 spiro atoms. The van der Waals surface area contributed by atoms with E-state index in [4.69, 9.17) is 0 Å². The highest BCUT2D eigenvalue weighted by Gasteiger charge is 2.32. The zero-order valence-electron chi connectivity index (χ0n) is 17.4. The number of benzene rings is 1. The van der Waals surface area contributed by atoms with Crippen molar-refractivity contribution in [1.82, 2.24) is 15.5 Å². The summed E-state index contributed by atoms with van der Waals surface area (Å²) in [6.07, 6.45) is 0.965. The zero-order valence-corrected chi connectivity index (χ0v) is 17.4. The van der Waals surface area contributed by atoms with Crippen molar-refractivity contribution in [3.05, 3.63) is 34.9 Å². The van der Waals surface area contributed by atoms with Gasteiger partial charge in [0, 0.05) is 31.2 Å². The first-order valence-corrected chi connectivity index (χ1v) is 10.8. The second kappa shape index (κ2) is 10.4. The Kier molecular flexibility index (Phi) is 7.91. The van der Waals surface area contributed by atoms with Crippen molar-refractivity contribution in [3.8, 4) is 0 Å². The molecule has 2 aliphatic rings. The maximum absolute atomic E-state index is 13.0. The summed E-state index contributed by atoms with van der Waals surface area (Å²) in [5.41, 5.74) is -1.38. The molecule has 1 heterocycles. The molecule has 1 aliphatic heterocycles. The van der Waals surface area contributed by atoms with Gasteiger partial charge < -0.3 is 15.5 Å². The topological polar surface area (TPSA) is 61.4 Å². The smallest absolute Gasteiger partial charge is 0.352 e. The first-order valence-electron chi connectivity index (χ1n) is 10.8. The van der Waals surface area contributed by atoms with Crippen molar-refractivity contribution < 1.29 is 27.2 Å². The van der Waals surface area contributed by atoms with Gasteiger partial charge in [0.1, 0.15) is 6.67 Å². The monoisotopic (exact) mass is 443 g/mol. The molecule has 0 aromatic heterocycles. The third-order valence-electron chi connectivity index (χ3n) is 6.14. The van der Waals surface area contributed by atoms with Crippen LogP contribution in [0.4, 0.5) is 17.6 Å². The summed E-state index contributed by atoms with van der Waals surface area (Å²) in [6.45, 7) is 1.32. The molecular weight excluding hydrogens is 414 g/mol. The fourth-order valence-corrected chi connectivity index (χ4v) is 4.28. The molecule has 0 unspecified atom stereocenters. The minimum atomic E-state index is -4.64. The standard InChI is InChI=1S/C22H29F4N3O2/c23-12-16-9-17(11-18(10-16)22(24,25)26)21(31)28-13-15-3-5-19(6-4-15)27-14-20(30)29-7-1-2-8-29/h9-11,15,19,27H,1-8,12-14H2,(H,28,31)/t15-,19+. The lowest BCUT2D eigenvalue weighted by Crippen LogP contribution is -2.42. The number of hydrogen-bond acceptors (Lipinski definition) is 3. The number of amides is 2. The van der Waals surface area contributed by atoms with Gasteiger partial charge in [-0.2, -0.15) is 13.2 Å². The molecule has 0 bridgehead atoms. The van der Waals surface area contributed by atoms with Crippen LogP contribution >= 0.6 is 0 Å². The second-order valence-electron chi connectivity index (χ2n) is 8.45. The van der Waals surface area contributed by atoms with Crippen LogP contribution in [0.25, 0.3) is 0 Å². The van der Waals surface area contributed by atoms with Crippen molar-refractivity contribution in [2.24, 2.45) is 5.92 Å². The molecule has 3 rings (SSSR count). The molecule has 2 N–H and O–H groups in total. The van der Waals surface area contributed by atoms with E-state index >= 15 is 0 Å². The number of hydrogen-bond donors (Lipinski definition) is 2. The molecule has 1 saturated heterocycles. The third kappa shape index (κ3) is 6.66. The number of carbonyl (C=O) groups is 2. The van der Waals surface area contributed by atoms with Gasteiger partial charge in [-0.05, 0) is 68.2 Å². The lowest BCUT2D eigenvalue weighted by molar-refractivity contribution is -0.137. The molecule has 1 aliphatic carbocycles. The minimum absolute atomic E-state index is 0.139. The van der Waals surface area contributed by atoms with Crippen LogP contribution in [-0.2, 0) is 17.6 Å². The Morgan fingerprint density at radius 3 is 2.32 bits per heavy atom. The van der Waals surface area contributed by atoms with E-state index in [1.54, 1.807) is 0 Å². The molecule has 1 aromatic rings. The van der Waals surface area contributed by atoms with E-state index < -0.39 is 24.3 Å². The van der Waals surface area contributed by atoms with Crippen LogP contribution in [0, 0.1) is 5.92 Å². The van der Waals surface area contributed by atoms with Gasteiger partial charge in [-0.1, -0.05) is 0 Å². The van der Waals surface area contributed by atoms with E-state index in [2.05, 4.69) is 10.6 Å². The van der Waals surface area contributed by atoms with Gasteiger partial charge in [0.15, 0.2) is 0 Å². The second-order valence-corrected chi connectivity index (χ2v) is 8.45. The van der Waals surface area contributed by atoms with Crippen molar-refractivity contribution in [2.45, 2.75) is 57.4 Å². The van der Waals surface area contributed by atoms with Crippen LogP contribution < -0.4 is 10.6 Å². The van der Waals surface area contributed by atoms with Crippen LogP contribution in [0.15, 0.2) is 18.2 Å². The van der Waals surface area contributed by atoms with Gasteiger partial charge in [-0.3, -0.25) is 9.59 Å². The predicted molar refractivity (Wildman–Crippen MR) is 108 cm³/mol. The maximum Gasteiger partial charge on any atom is 0.416 e. The lowest BCUT2D eigenvalue weighted by atomic mass is 9.86. The molecule has 2 fully saturated rings. The average Bonchev–Trinajstić information content (AvgIpc) is 3.30. The molecule has 1 aromatic carbocycles. The Hall–Kier alpha value is -2.16.